The summed E-state index contributed by atoms with van der Waals surface area (Å²) in [4.78, 5) is 16.7. The van der Waals surface area contributed by atoms with Crippen LogP contribution in [0.15, 0.2) is 48.5 Å². The van der Waals surface area contributed by atoms with Gasteiger partial charge < -0.3 is 9.88 Å². The number of terminal acetylenes is 1. The average Bonchev–Trinajstić information content (AvgIpc) is 2.99. The molecular formula is C21H20ClN3O. The van der Waals surface area contributed by atoms with Crippen LogP contribution in [-0.4, -0.2) is 22.0 Å². The molecule has 1 amide bonds. The van der Waals surface area contributed by atoms with Gasteiger partial charge in [-0.05, 0) is 36.2 Å². The van der Waals surface area contributed by atoms with Crippen molar-refractivity contribution >= 4 is 28.5 Å². The van der Waals surface area contributed by atoms with Gasteiger partial charge in [-0.3, -0.25) is 4.79 Å². The molecule has 0 saturated heterocycles. The zero-order valence-electron chi connectivity index (χ0n) is 14.4. The molecule has 5 heteroatoms. The average molecular weight is 366 g/mol. The van der Waals surface area contributed by atoms with Gasteiger partial charge >= 0.3 is 0 Å². The Morgan fingerprint density at radius 2 is 1.96 bits per heavy atom. The molecule has 2 aromatic carbocycles. The molecule has 1 N–H and O–H groups in total. The van der Waals surface area contributed by atoms with Crippen LogP contribution in [0.1, 0.15) is 17.8 Å². The smallest absolute Gasteiger partial charge is 0.224 e. The topological polar surface area (TPSA) is 46.9 Å². The number of imidazole rings is 1. The number of nitrogens with zero attached hydrogens (tertiary/aromatic N) is 2. The molecule has 3 rings (SSSR count). The number of amides is 1. The maximum Gasteiger partial charge on any atom is 0.224 e. The molecule has 0 fully saturated rings. The van der Waals surface area contributed by atoms with E-state index < -0.39 is 0 Å². The number of aromatic nitrogens is 2. The van der Waals surface area contributed by atoms with Crippen molar-refractivity contribution in [2.24, 2.45) is 0 Å². The van der Waals surface area contributed by atoms with E-state index in [1.165, 1.54) is 0 Å². The molecule has 0 saturated carbocycles. The fourth-order valence-electron chi connectivity index (χ4n) is 2.91. The van der Waals surface area contributed by atoms with E-state index in [0.717, 1.165) is 35.3 Å². The van der Waals surface area contributed by atoms with Gasteiger partial charge in [0, 0.05) is 18.0 Å². The predicted molar refractivity (Wildman–Crippen MR) is 105 cm³/mol. The maximum atomic E-state index is 12.0. The SMILES string of the molecule is C#CCn1c(CCCNC(=O)Cc2ccc(Cl)cc2)nc2ccccc21. The number of benzene rings is 2. The van der Waals surface area contributed by atoms with Gasteiger partial charge in [-0.15, -0.1) is 6.42 Å². The van der Waals surface area contributed by atoms with E-state index in [1.54, 1.807) is 12.1 Å². The number of carbonyl (C=O) groups is 1. The third kappa shape index (κ3) is 4.44. The highest BCUT2D eigenvalue weighted by atomic mass is 35.5. The van der Waals surface area contributed by atoms with Gasteiger partial charge in [-0.1, -0.05) is 41.8 Å². The maximum absolute atomic E-state index is 12.0. The van der Waals surface area contributed by atoms with Crippen molar-refractivity contribution in [3.8, 4) is 12.3 Å². The number of rotatable bonds is 7. The van der Waals surface area contributed by atoms with Crippen LogP contribution in [0, 0.1) is 12.3 Å². The summed E-state index contributed by atoms with van der Waals surface area (Å²) in [6, 6.07) is 15.3. The van der Waals surface area contributed by atoms with Crippen LogP contribution in [-0.2, 0) is 24.2 Å². The Hall–Kier alpha value is -2.77. The van der Waals surface area contributed by atoms with Crippen molar-refractivity contribution in [3.05, 3.63) is 64.9 Å². The summed E-state index contributed by atoms with van der Waals surface area (Å²) in [5.74, 6) is 3.65. The lowest BCUT2D eigenvalue weighted by atomic mass is 10.1. The Morgan fingerprint density at radius 1 is 1.19 bits per heavy atom. The minimum atomic E-state index is 0.00412. The number of nitrogens with one attached hydrogen (secondary N) is 1. The number of aryl methyl sites for hydroxylation is 1. The minimum absolute atomic E-state index is 0.00412. The lowest BCUT2D eigenvalue weighted by molar-refractivity contribution is -0.120. The quantitative estimate of drug-likeness (QED) is 0.513. The summed E-state index contributed by atoms with van der Waals surface area (Å²) in [6.07, 6.45) is 7.41. The molecule has 1 aromatic heterocycles. The first kappa shape index (κ1) is 18.0. The van der Waals surface area contributed by atoms with Gasteiger partial charge in [0.25, 0.3) is 0 Å². The Morgan fingerprint density at radius 3 is 2.73 bits per heavy atom. The van der Waals surface area contributed by atoms with Crippen molar-refractivity contribution in [2.75, 3.05) is 6.54 Å². The van der Waals surface area contributed by atoms with E-state index in [1.807, 2.05) is 36.4 Å². The molecule has 0 aliphatic rings. The van der Waals surface area contributed by atoms with Crippen molar-refractivity contribution in [1.29, 1.82) is 0 Å². The zero-order valence-corrected chi connectivity index (χ0v) is 15.2. The molecule has 1 heterocycles. The van der Waals surface area contributed by atoms with Gasteiger partial charge in [-0.2, -0.15) is 0 Å². The molecule has 4 nitrogen and oxygen atoms in total. The third-order valence-electron chi connectivity index (χ3n) is 4.16. The molecule has 0 unspecified atom stereocenters. The van der Waals surface area contributed by atoms with E-state index >= 15 is 0 Å². The highest BCUT2D eigenvalue weighted by Crippen LogP contribution is 2.16. The number of hydrogen-bond acceptors (Lipinski definition) is 2. The van der Waals surface area contributed by atoms with Gasteiger partial charge in [0.2, 0.25) is 5.91 Å². The van der Waals surface area contributed by atoms with Crippen LogP contribution in [0.4, 0.5) is 0 Å². The molecular weight excluding hydrogens is 346 g/mol. The summed E-state index contributed by atoms with van der Waals surface area (Å²) in [7, 11) is 0. The number of hydrogen-bond donors (Lipinski definition) is 1. The Kier molecular flexibility index (Phi) is 5.93. The van der Waals surface area contributed by atoms with Crippen molar-refractivity contribution in [2.45, 2.75) is 25.8 Å². The molecule has 0 radical (unpaired) electrons. The first-order valence-electron chi connectivity index (χ1n) is 8.56. The Balaban J connectivity index is 1.52. The molecule has 0 spiro atoms. The van der Waals surface area contributed by atoms with Crippen molar-refractivity contribution < 1.29 is 4.79 Å². The molecule has 132 valence electrons. The third-order valence-corrected chi connectivity index (χ3v) is 4.41. The van der Waals surface area contributed by atoms with E-state index in [0.29, 0.717) is 24.5 Å². The number of para-hydroxylation sites is 2. The largest absolute Gasteiger partial charge is 0.356 e. The van der Waals surface area contributed by atoms with E-state index in [4.69, 9.17) is 18.0 Å². The van der Waals surface area contributed by atoms with Gasteiger partial charge in [0.1, 0.15) is 5.82 Å². The molecule has 26 heavy (non-hydrogen) atoms. The summed E-state index contributed by atoms with van der Waals surface area (Å²) < 4.78 is 2.06. The van der Waals surface area contributed by atoms with E-state index in [2.05, 4.69) is 20.8 Å². The Bertz CT molecular complexity index is 938. The number of fused-ring (bicyclic) bond motifs is 1. The minimum Gasteiger partial charge on any atom is -0.356 e. The molecule has 3 aromatic rings. The first-order valence-corrected chi connectivity index (χ1v) is 8.94. The second-order valence-corrected chi connectivity index (χ2v) is 6.50. The fraction of sp³-hybridized carbons (Fsp3) is 0.238. The molecule has 0 aliphatic heterocycles. The van der Waals surface area contributed by atoms with E-state index in [9.17, 15) is 4.79 Å². The molecule has 0 aliphatic carbocycles. The van der Waals surface area contributed by atoms with E-state index in [-0.39, 0.29) is 5.91 Å². The van der Waals surface area contributed by atoms with Crippen LogP contribution in [0.3, 0.4) is 0 Å². The summed E-state index contributed by atoms with van der Waals surface area (Å²) in [6.45, 7) is 1.10. The molecule has 0 bridgehead atoms. The number of carbonyl (C=O) groups excluding carboxylic acids is 1. The second kappa shape index (κ2) is 8.55. The van der Waals surface area contributed by atoms with Gasteiger partial charge in [-0.25, -0.2) is 4.98 Å². The van der Waals surface area contributed by atoms with Gasteiger partial charge in [0.05, 0.1) is 24.0 Å². The van der Waals surface area contributed by atoms with Crippen molar-refractivity contribution in [1.82, 2.24) is 14.9 Å². The number of halogens is 1. The van der Waals surface area contributed by atoms with Crippen molar-refractivity contribution in [3.63, 3.8) is 0 Å². The zero-order chi connectivity index (χ0) is 18.4. The standard InChI is InChI=1S/C21H20ClN3O/c1-2-14-25-19-7-4-3-6-18(19)24-20(25)8-5-13-23-21(26)15-16-9-11-17(22)12-10-16/h1,3-4,6-7,9-12H,5,8,13-15H2,(H,23,26). The fourth-order valence-corrected chi connectivity index (χ4v) is 3.03. The van der Waals surface area contributed by atoms with Crippen LogP contribution >= 0.6 is 11.6 Å². The van der Waals surface area contributed by atoms with Crippen LogP contribution in [0.5, 0.6) is 0 Å². The normalized spacial score (nSPS) is 10.6. The lowest BCUT2D eigenvalue weighted by Gasteiger charge is -2.07. The highest BCUT2D eigenvalue weighted by molar-refractivity contribution is 6.30. The summed E-state index contributed by atoms with van der Waals surface area (Å²) in [5.41, 5.74) is 2.94. The highest BCUT2D eigenvalue weighted by Gasteiger charge is 2.09. The lowest BCUT2D eigenvalue weighted by Crippen LogP contribution is -2.26. The summed E-state index contributed by atoms with van der Waals surface area (Å²) >= 11 is 5.85. The first-order chi connectivity index (χ1) is 12.7. The molecule has 0 atom stereocenters. The van der Waals surface area contributed by atoms with Crippen LogP contribution in [0.25, 0.3) is 11.0 Å². The monoisotopic (exact) mass is 365 g/mol. The van der Waals surface area contributed by atoms with Crippen LogP contribution in [0.2, 0.25) is 5.02 Å². The second-order valence-electron chi connectivity index (χ2n) is 6.06. The Labute approximate surface area is 158 Å². The van der Waals surface area contributed by atoms with Gasteiger partial charge in [0.15, 0.2) is 0 Å². The van der Waals surface area contributed by atoms with Crippen LogP contribution < -0.4 is 5.32 Å². The predicted octanol–water partition coefficient (Wildman–Crippen LogP) is 3.61. The summed E-state index contributed by atoms with van der Waals surface area (Å²) in [5, 5.41) is 3.62.